The lowest BCUT2D eigenvalue weighted by Gasteiger charge is -2.14. The molecule has 7 heteroatoms. The molecule has 154 valence electrons. The first-order valence-electron chi connectivity index (χ1n) is 9.19. The molecule has 0 radical (unpaired) electrons. The van der Waals surface area contributed by atoms with Crippen molar-refractivity contribution in [1.82, 2.24) is 0 Å². The monoisotopic (exact) mass is 410 g/mol. The fourth-order valence-corrected chi connectivity index (χ4v) is 2.79. The molecule has 3 rings (SSSR count). The van der Waals surface area contributed by atoms with Crippen LogP contribution in [0.3, 0.4) is 0 Å². The number of amides is 1. The maximum absolute atomic E-state index is 13.6. The maximum Gasteiger partial charge on any atom is 0.340 e. The normalized spacial score (nSPS) is 10.4. The van der Waals surface area contributed by atoms with Crippen LogP contribution in [0.5, 0.6) is 0 Å². The van der Waals surface area contributed by atoms with Crippen LogP contribution in [0, 0.1) is 25.5 Å². The third-order valence-electron chi connectivity index (χ3n) is 4.56. The van der Waals surface area contributed by atoms with Crippen molar-refractivity contribution in [3.63, 3.8) is 0 Å². The molecule has 0 aromatic heterocycles. The number of halogens is 2. The summed E-state index contributed by atoms with van der Waals surface area (Å²) in [6.07, 6.45) is 0. The zero-order valence-electron chi connectivity index (χ0n) is 16.5. The van der Waals surface area contributed by atoms with Crippen LogP contribution in [-0.2, 0) is 9.53 Å². The Kier molecular flexibility index (Phi) is 6.41. The lowest BCUT2D eigenvalue weighted by molar-refractivity contribution is -0.119. The van der Waals surface area contributed by atoms with Gasteiger partial charge in [0.2, 0.25) is 0 Å². The number of benzene rings is 3. The van der Waals surface area contributed by atoms with Crippen LogP contribution in [0.25, 0.3) is 0 Å². The molecule has 30 heavy (non-hydrogen) atoms. The summed E-state index contributed by atoms with van der Waals surface area (Å²) in [4.78, 5) is 24.5. The number of para-hydroxylation sites is 1. The van der Waals surface area contributed by atoms with Gasteiger partial charge >= 0.3 is 5.97 Å². The summed E-state index contributed by atoms with van der Waals surface area (Å²) in [6, 6.07) is 15.2. The van der Waals surface area contributed by atoms with E-state index in [0.717, 1.165) is 35.0 Å². The minimum atomic E-state index is -0.792. The molecular formula is C23H20F2N2O3. The predicted molar refractivity (Wildman–Crippen MR) is 111 cm³/mol. The summed E-state index contributed by atoms with van der Waals surface area (Å²) >= 11 is 0. The first-order chi connectivity index (χ1) is 14.3. The van der Waals surface area contributed by atoms with Crippen LogP contribution in [0.1, 0.15) is 21.5 Å². The van der Waals surface area contributed by atoms with Gasteiger partial charge in [-0.2, -0.15) is 0 Å². The molecule has 3 aromatic rings. The molecule has 0 bridgehead atoms. The molecular weight excluding hydrogens is 390 g/mol. The number of aryl methyl sites for hydroxylation is 1. The Hall–Kier alpha value is -3.74. The molecule has 0 unspecified atom stereocenters. The van der Waals surface area contributed by atoms with Crippen LogP contribution in [0.15, 0.2) is 60.7 Å². The van der Waals surface area contributed by atoms with Crippen molar-refractivity contribution < 1.29 is 23.1 Å². The van der Waals surface area contributed by atoms with Gasteiger partial charge in [0.05, 0.1) is 16.9 Å². The van der Waals surface area contributed by atoms with Crippen molar-refractivity contribution in [1.29, 1.82) is 0 Å². The summed E-state index contributed by atoms with van der Waals surface area (Å²) < 4.78 is 31.9. The minimum absolute atomic E-state index is 0.239. The van der Waals surface area contributed by atoms with Gasteiger partial charge in [-0.05, 0) is 55.3 Å². The largest absolute Gasteiger partial charge is 0.452 e. The van der Waals surface area contributed by atoms with Gasteiger partial charge in [-0.15, -0.1) is 0 Å². The van der Waals surface area contributed by atoms with E-state index in [1.54, 1.807) is 24.3 Å². The molecule has 3 aromatic carbocycles. The van der Waals surface area contributed by atoms with Gasteiger partial charge in [-0.3, -0.25) is 4.79 Å². The van der Waals surface area contributed by atoms with Crippen molar-refractivity contribution in [2.45, 2.75) is 13.8 Å². The Bertz CT molecular complexity index is 1100. The second kappa shape index (κ2) is 9.17. The van der Waals surface area contributed by atoms with Gasteiger partial charge in [-0.25, -0.2) is 13.6 Å². The Labute approximate surface area is 172 Å². The van der Waals surface area contributed by atoms with Crippen molar-refractivity contribution in [3.05, 3.63) is 89.0 Å². The van der Waals surface area contributed by atoms with Gasteiger partial charge in [0, 0.05) is 11.8 Å². The van der Waals surface area contributed by atoms with Gasteiger partial charge < -0.3 is 15.4 Å². The highest BCUT2D eigenvalue weighted by molar-refractivity contribution is 5.99. The van der Waals surface area contributed by atoms with Crippen molar-refractivity contribution >= 4 is 28.9 Å². The molecule has 0 saturated heterocycles. The molecule has 0 fully saturated rings. The van der Waals surface area contributed by atoms with E-state index in [0.29, 0.717) is 5.69 Å². The highest BCUT2D eigenvalue weighted by Crippen LogP contribution is 2.25. The molecule has 0 heterocycles. The number of carbonyl (C=O) groups excluding carboxylic acids is 2. The minimum Gasteiger partial charge on any atom is -0.452 e. The van der Waals surface area contributed by atoms with E-state index in [-0.39, 0.29) is 11.3 Å². The van der Waals surface area contributed by atoms with Crippen LogP contribution in [-0.4, -0.2) is 18.5 Å². The summed E-state index contributed by atoms with van der Waals surface area (Å²) in [5.74, 6) is -3.00. The van der Waals surface area contributed by atoms with Crippen LogP contribution >= 0.6 is 0 Å². The molecule has 0 aliphatic rings. The second-order valence-corrected chi connectivity index (χ2v) is 6.67. The Morgan fingerprint density at radius 2 is 1.63 bits per heavy atom. The zero-order valence-corrected chi connectivity index (χ0v) is 16.5. The molecule has 5 nitrogen and oxygen atoms in total. The van der Waals surface area contributed by atoms with Crippen LogP contribution in [0.2, 0.25) is 0 Å². The molecule has 0 atom stereocenters. The number of nitrogens with one attached hydrogen (secondary N) is 2. The van der Waals surface area contributed by atoms with Gasteiger partial charge in [0.1, 0.15) is 11.6 Å². The molecule has 0 aliphatic carbocycles. The fourth-order valence-electron chi connectivity index (χ4n) is 2.79. The number of ether oxygens (including phenoxy) is 1. The average molecular weight is 410 g/mol. The number of esters is 1. The van der Waals surface area contributed by atoms with E-state index in [2.05, 4.69) is 10.6 Å². The smallest absolute Gasteiger partial charge is 0.340 e. The van der Waals surface area contributed by atoms with Crippen LogP contribution in [0.4, 0.5) is 25.8 Å². The van der Waals surface area contributed by atoms with Crippen molar-refractivity contribution in [2.75, 3.05) is 17.2 Å². The summed E-state index contributed by atoms with van der Waals surface area (Å²) in [5.41, 5.74) is 3.41. The summed E-state index contributed by atoms with van der Waals surface area (Å²) in [7, 11) is 0. The van der Waals surface area contributed by atoms with E-state index in [1.807, 2.05) is 32.0 Å². The quantitative estimate of drug-likeness (QED) is 0.554. The number of hydrogen-bond donors (Lipinski definition) is 2. The third-order valence-corrected chi connectivity index (χ3v) is 4.56. The van der Waals surface area contributed by atoms with Crippen LogP contribution < -0.4 is 10.6 Å². The Balaban J connectivity index is 1.68. The van der Waals surface area contributed by atoms with E-state index < -0.39 is 30.1 Å². The molecule has 0 aliphatic heterocycles. The topological polar surface area (TPSA) is 67.4 Å². The van der Waals surface area contributed by atoms with E-state index in [9.17, 15) is 18.4 Å². The van der Waals surface area contributed by atoms with Gasteiger partial charge in [0.25, 0.3) is 5.91 Å². The first-order valence-corrected chi connectivity index (χ1v) is 9.19. The standard InChI is InChI=1S/C23H20F2N2O3/c1-14-6-5-9-19(15(14)2)26-20-8-4-3-7-17(20)23(29)30-13-22(28)27-21-12-16(24)10-11-18(21)25/h3-12,26H,13H2,1-2H3,(H,27,28). The van der Waals surface area contributed by atoms with E-state index in [1.165, 1.54) is 0 Å². The van der Waals surface area contributed by atoms with Crippen molar-refractivity contribution in [2.24, 2.45) is 0 Å². The number of carbonyl (C=O) groups is 2. The lowest BCUT2D eigenvalue weighted by Crippen LogP contribution is -2.22. The van der Waals surface area contributed by atoms with E-state index >= 15 is 0 Å². The fraction of sp³-hybridized carbons (Fsp3) is 0.130. The Morgan fingerprint density at radius 1 is 0.900 bits per heavy atom. The number of rotatable bonds is 6. The molecule has 2 N–H and O–H groups in total. The predicted octanol–water partition coefficient (Wildman–Crippen LogP) is 5.12. The average Bonchev–Trinajstić information content (AvgIpc) is 2.73. The number of hydrogen-bond acceptors (Lipinski definition) is 4. The second-order valence-electron chi connectivity index (χ2n) is 6.67. The summed E-state index contributed by atoms with van der Waals surface area (Å²) in [5, 5.41) is 5.39. The first kappa shape index (κ1) is 21.0. The van der Waals surface area contributed by atoms with Gasteiger partial charge in [0.15, 0.2) is 6.61 Å². The Morgan fingerprint density at radius 3 is 2.43 bits per heavy atom. The highest BCUT2D eigenvalue weighted by Gasteiger charge is 2.16. The lowest BCUT2D eigenvalue weighted by atomic mass is 10.1. The molecule has 0 spiro atoms. The molecule has 1 amide bonds. The number of anilines is 3. The van der Waals surface area contributed by atoms with E-state index in [4.69, 9.17) is 4.74 Å². The third kappa shape index (κ3) is 5.00. The summed E-state index contributed by atoms with van der Waals surface area (Å²) in [6.45, 7) is 3.31. The highest BCUT2D eigenvalue weighted by atomic mass is 19.1. The van der Waals surface area contributed by atoms with Crippen molar-refractivity contribution in [3.8, 4) is 0 Å². The zero-order chi connectivity index (χ0) is 21.7. The van der Waals surface area contributed by atoms with Gasteiger partial charge in [-0.1, -0.05) is 24.3 Å². The molecule has 0 saturated carbocycles. The maximum atomic E-state index is 13.6. The SMILES string of the molecule is Cc1cccc(Nc2ccccc2C(=O)OCC(=O)Nc2cc(F)ccc2F)c1C.